The average Bonchev–Trinajstić information content (AvgIpc) is 3.15. The van der Waals surface area contributed by atoms with Crippen molar-refractivity contribution in [1.82, 2.24) is 20.1 Å². The Morgan fingerprint density at radius 2 is 1.62 bits per heavy atom. The fourth-order valence-electron chi connectivity index (χ4n) is 8.29. The Bertz CT molecular complexity index is 1820. The number of aromatic hydroxyl groups is 1. The van der Waals surface area contributed by atoms with Gasteiger partial charge in [-0.2, -0.15) is 0 Å². The van der Waals surface area contributed by atoms with Crippen LogP contribution in [0, 0.1) is 0 Å². The number of amides is 3. The number of urea groups is 1. The summed E-state index contributed by atoms with van der Waals surface area (Å²) in [6.07, 6.45) is 6.11. The van der Waals surface area contributed by atoms with E-state index in [0.717, 1.165) is 81.2 Å². The van der Waals surface area contributed by atoms with Crippen LogP contribution in [0.2, 0.25) is 0 Å². The third kappa shape index (κ3) is 6.65. The molecule has 4 aliphatic heterocycles. The van der Waals surface area contributed by atoms with Crippen LogP contribution in [0.1, 0.15) is 53.4 Å². The molecule has 10 heteroatoms. The number of pyridine rings is 1. The van der Waals surface area contributed by atoms with Gasteiger partial charge in [-0.05, 0) is 53.8 Å². The number of benzene rings is 3. The van der Waals surface area contributed by atoms with Crippen LogP contribution in [0.5, 0.6) is 11.5 Å². The lowest BCUT2D eigenvalue weighted by molar-refractivity contribution is -0.120. The minimum absolute atomic E-state index is 0.139. The molecule has 50 heavy (non-hydrogen) atoms. The smallest absolute Gasteiger partial charge is 0.328 e. The van der Waals surface area contributed by atoms with E-state index >= 15 is 0 Å². The first-order valence-electron chi connectivity index (χ1n) is 17.9. The molecule has 0 spiro atoms. The highest BCUT2D eigenvalue weighted by Gasteiger charge is 2.34. The molecule has 3 fully saturated rings. The number of phenolic OH excluding ortho intramolecular Hbond substituents is 1. The molecule has 0 radical (unpaired) electrons. The number of hydrogen-bond acceptors (Lipinski definition) is 8. The molecule has 0 bridgehead atoms. The second-order valence-corrected chi connectivity index (χ2v) is 13.9. The number of aromatic nitrogens is 1. The van der Waals surface area contributed by atoms with Gasteiger partial charge in [0, 0.05) is 100 Å². The van der Waals surface area contributed by atoms with Gasteiger partial charge < -0.3 is 14.7 Å². The molecule has 3 amide bonds. The van der Waals surface area contributed by atoms with Crippen LogP contribution in [0.25, 0.3) is 0 Å². The van der Waals surface area contributed by atoms with Crippen LogP contribution in [-0.2, 0) is 11.3 Å². The standard InChI is InChI=1S/C40H44N6O4/c47-33-10-11-34-37(24-33)50-27-35(28-4-2-1-3-5-28)39(34)29-6-8-31(9-7-29)44-17-13-32(14-18-44)45-22-20-43(21-23-45)26-30-12-16-41-25-36(30)46-19-15-38(48)42-40(46)49/h1-12,16,24-25,32,35,39,47H,13-15,17-23,26-27H2,(H,42,48,49). The minimum atomic E-state index is -0.369. The Labute approximate surface area is 293 Å². The zero-order valence-corrected chi connectivity index (χ0v) is 28.3. The summed E-state index contributed by atoms with van der Waals surface area (Å²) in [5.74, 6) is 1.09. The van der Waals surface area contributed by atoms with Gasteiger partial charge in [0.2, 0.25) is 5.91 Å². The van der Waals surface area contributed by atoms with Crippen LogP contribution in [-0.4, -0.2) is 90.3 Å². The molecule has 2 N–H and O–H groups in total. The van der Waals surface area contributed by atoms with E-state index in [0.29, 0.717) is 25.6 Å². The van der Waals surface area contributed by atoms with Crippen molar-refractivity contribution in [3.63, 3.8) is 0 Å². The Balaban J connectivity index is 0.873. The van der Waals surface area contributed by atoms with Crippen LogP contribution in [0.4, 0.5) is 16.2 Å². The van der Waals surface area contributed by atoms with Crippen molar-refractivity contribution in [2.75, 3.05) is 62.2 Å². The summed E-state index contributed by atoms with van der Waals surface area (Å²) in [6.45, 7) is 7.81. The maximum Gasteiger partial charge on any atom is 0.328 e. The van der Waals surface area contributed by atoms with Crippen molar-refractivity contribution in [2.24, 2.45) is 0 Å². The molecule has 0 aliphatic carbocycles. The van der Waals surface area contributed by atoms with E-state index in [4.69, 9.17) is 4.74 Å². The van der Waals surface area contributed by atoms with Crippen molar-refractivity contribution in [3.05, 3.63) is 114 Å². The third-order valence-electron chi connectivity index (χ3n) is 11.0. The summed E-state index contributed by atoms with van der Waals surface area (Å²) < 4.78 is 6.17. The number of carbonyl (C=O) groups excluding carboxylic acids is 2. The van der Waals surface area contributed by atoms with E-state index in [2.05, 4.69) is 79.6 Å². The molecule has 2 unspecified atom stereocenters. The summed E-state index contributed by atoms with van der Waals surface area (Å²) in [7, 11) is 0. The molecule has 0 saturated carbocycles. The summed E-state index contributed by atoms with van der Waals surface area (Å²) >= 11 is 0. The predicted octanol–water partition coefficient (Wildman–Crippen LogP) is 5.33. The quantitative estimate of drug-likeness (QED) is 0.272. The first-order valence-corrected chi connectivity index (χ1v) is 17.9. The van der Waals surface area contributed by atoms with E-state index in [9.17, 15) is 14.7 Å². The maximum atomic E-state index is 12.5. The molecule has 8 rings (SSSR count). The van der Waals surface area contributed by atoms with Gasteiger partial charge >= 0.3 is 6.03 Å². The number of phenols is 1. The molecule has 5 heterocycles. The predicted molar refractivity (Wildman–Crippen MR) is 193 cm³/mol. The molecule has 3 saturated heterocycles. The van der Waals surface area contributed by atoms with E-state index in [-0.39, 0.29) is 29.5 Å². The van der Waals surface area contributed by atoms with Gasteiger partial charge in [-0.1, -0.05) is 48.5 Å². The minimum Gasteiger partial charge on any atom is -0.508 e. The second kappa shape index (κ2) is 14.1. The Morgan fingerprint density at radius 3 is 2.38 bits per heavy atom. The highest BCUT2D eigenvalue weighted by atomic mass is 16.5. The monoisotopic (exact) mass is 672 g/mol. The number of hydrogen-bond donors (Lipinski definition) is 2. The van der Waals surface area contributed by atoms with Gasteiger partial charge in [0.1, 0.15) is 11.5 Å². The lowest BCUT2D eigenvalue weighted by Crippen LogP contribution is -2.53. The molecule has 3 aromatic carbocycles. The molecule has 1 aromatic heterocycles. The van der Waals surface area contributed by atoms with Crippen LogP contribution in [0.3, 0.4) is 0 Å². The molecule has 10 nitrogen and oxygen atoms in total. The van der Waals surface area contributed by atoms with E-state index in [1.165, 1.54) is 16.8 Å². The zero-order chi connectivity index (χ0) is 34.0. The first kappa shape index (κ1) is 32.3. The summed E-state index contributed by atoms with van der Waals surface area (Å²) in [6, 6.07) is 27.5. The second-order valence-electron chi connectivity index (χ2n) is 13.9. The van der Waals surface area contributed by atoms with Gasteiger partial charge in [0.15, 0.2) is 0 Å². The number of piperidine rings is 1. The highest BCUT2D eigenvalue weighted by Crippen LogP contribution is 2.47. The Morgan fingerprint density at radius 1 is 0.840 bits per heavy atom. The molecule has 2 atom stereocenters. The molecule has 4 aromatic rings. The number of anilines is 2. The molecular weight excluding hydrogens is 628 g/mol. The summed E-state index contributed by atoms with van der Waals surface area (Å²) in [4.78, 5) is 37.7. The maximum absolute atomic E-state index is 12.5. The van der Waals surface area contributed by atoms with Crippen molar-refractivity contribution in [1.29, 1.82) is 0 Å². The molecule has 4 aliphatic rings. The Kier molecular flexibility index (Phi) is 9.12. The van der Waals surface area contributed by atoms with Gasteiger partial charge in [-0.25, -0.2) is 4.79 Å². The lowest BCUT2D eigenvalue weighted by Gasteiger charge is -2.43. The summed E-state index contributed by atoms with van der Waals surface area (Å²) in [5.41, 5.74) is 6.76. The fourth-order valence-corrected chi connectivity index (χ4v) is 8.29. The number of nitrogens with one attached hydrogen (secondary N) is 1. The lowest BCUT2D eigenvalue weighted by atomic mass is 9.76. The summed E-state index contributed by atoms with van der Waals surface area (Å²) in [5, 5.41) is 12.6. The van der Waals surface area contributed by atoms with Gasteiger partial charge in [-0.15, -0.1) is 0 Å². The van der Waals surface area contributed by atoms with Crippen molar-refractivity contribution in [3.8, 4) is 11.5 Å². The molecular formula is C40H44N6O4. The largest absolute Gasteiger partial charge is 0.508 e. The fraction of sp³-hybridized carbons (Fsp3) is 0.375. The zero-order valence-electron chi connectivity index (χ0n) is 28.3. The number of nitrogens with zero attached hydrogens (tertiary/aromatic N) is 5. The van der Waals surface area contributed by atoms with Gasteiger partial charge in [0.25, 0.3) is 0 Å². The van der Waals surface area contributed by atoms with E-state index in [1.54, 1.807) is 29.4 Å². The highest BCUT2D eigenvalue weighted by molar-refractivity contribution is 6.05. The van der Waals surface area contributed by atoms with Gasteiger partial charge in [0.05, 0.1) is 18.5 Å². The van der Waals surface area contributed by atoms with E-state index < -0.39 is 0 Å². The van der Waals surface area contributed by atoms with Crippen LogP contribution >= 0.6 is 0 Å². The third-order valence-corrected chi connectivity index (χ3v) is 11.0. The normalized spacial score (nSPS) is 22.2. The Hall–Kier alpha value is -4.93. The number of ether oxygens (including phenoxy) is 1. The SMILES string of the molecule is O=C1CCN(c2cnccc2CN2CCN(C3CCN(c4ccc(C5c6ccc(O)cc6OCC5c5ccccc5)cc4)CC3)CC2)C(=O)N1. The van der Waals surface area contributed by atoms with Crippen LogP contribution < -0.4 is 19.9 Å². The van der Waals surface area contributed by atoms with Crippen molar-refractivity contribution in [2.45, 2.75) is 43.7 Å². The number of fused-ring (bicyclic) bond motifs is 1. The number of rotatable bonds is 7. The van der Waals surface area contributed by atoms with Crippen LogP contribution in [0.15, 0.2) is 91.3 Å². The molecule has 258 valence electrons. The van der Waals surface area contributed by atoms with Gasteiger partial charge in [-0.3, -0.25) is 29.8 Å². The van der Waals surface area contributed by atoms with Crippen molar-refractivity contribution < 1.29 is 19.4 Å². The topological polar surface area (TPSA) is 101 Å². The number of piperazine rings is 1. The van der Waals surface area contributed by atoms with E-state index in [1.807, 2.05) is 12.1 Å². The number of carbonyl (C=O) groups is 2. The number of imide groups is 1. The average molecular weight is 673 g/mol. The van der Waals surface area contributed by atoms with Crippen molar-refractivity contribution >= 4 is 23.3 Å². The first-order chi connectivity index (χ1) is 24.5.